The molecule has 0 radical (unpaired) electrons. The van der Waals surface area contributed by atoms with Crippen LogP contribution in [0.5, 0.6) is 0 Å². The Hall–Kier alpha value is -2.12. The van der Waals surface area contributed by atoms with E-state index in [1.165, 1.54) is 0 Å². The molecule has 1 aromatic heterocycles. The van der Waals surface area contributed by atoms with Gasteiger partial charge in [0.1, 0.15) is 5.69 Å². The lowest BCUT2D eigenvalue weighted by atomic mass is 9.98. The van der Waals surface area contributed by atoms with Gasteiger partial charge in [0, 0.05) is 18.2 Å². The number of hydrogen-bond donors (Lipinski definition) is 2. The summed E-state index contributed by atoms with van der Waals surface area (Å²) >= 11 is 0. The Kier molecular flexibility index (Phi) is 4.93. The van der Waals surface area contributed by atoms with Crippen molar-refractivity contribution < 1.29 is 27.9 Å². The highest BCUT2D eigenvalue weighted by Gasteiger charge is 2.32. The first-order chi connectivity index (χ1) is 9.51. The molecule has 116 valence electrons. The van der Waals surface area contributed by atoms with Crippen LogP contribution >= 0.6 is 0 Å². The van der Waals surface area contributed by atoms with Gasteiger partial charge in [-0.05, 0) is 32.4 Å². The molecule has 21 heavy (non-hydrogen) atoms. The Balaban J connectivity index is 2.73. The fourth-order valence-corrected chi connectivity index (χ4v) is 1.56. The first-order valence-corrected chi connectivity index (χ1v) is 6.09. The fraction of sp³-hybridized carbons (Fsp3) is 0.462. The molecule has 0 aromatic carbocycles. The van der Waals surface area contributed by atoms with Crippen LogP contribution in [0, 0.1) is 0 Å². The van der Waals surface area contributed by atoms with Crippen LogP contribution in [0.15, 0.2) is 18.3 Å². The van der Waals surface area contributed by atoms with Crippen LogP contribution in [0.1, 0.15) is 42.7 Å². The maximum Gasteiger partial charge on any atom is 0.433 e. The van der Waals surface area contributed by atoms with Crippen LogP contribution in [-0.4, -0.2) is 27.5 Å². The van der Waals surface area contributed by atoms with E-state index in [2.05, 4.69) is 10.3 Å². The number of nitrogens with zero attached hydrogens (tertiary/aromatic N) is 1. The molecule has 1 amide bonds. The van der Waals surface area contributed by atoms with Crippen molar-refractivity contribution in [1.29, 1.82) is 0 Å². The molecule has 0 fully saturated rings. The van der Waals surface area contributed by atoms with E-state index in [4.69, 9.17) is 5.11 Å². The van der Waals surface area contributed by atoms with E-state index in [9.17, 15) is 22.8 Å². The van der Waals surface area contributed by atoms with Crippen LogP contribution in [-0.2, 0) is 11.0 Å². The lowest BCUT2D eigenvalue weighted by Gasteiger charge is -2.25. The van der Waals surface area contributed by atoms with Crippen LogP contribution in [0.25, 0.3) is 0 Å². The lowest BCUT2D eigenvalue weighted by Crippen LogP contribution is -2.43. The second-order valence-corrected chi connectivity index (χ2v) is 5.16. The third-order valence-electron chi connectivity index (χ3n) is 2.73. The summed E-state index contributed by atoms with van der Waals surface area (Å²) in [6.07, 6.45) is -3.65. The molecule has 1 rings (SSSR count). The van der Waals surface area contributed by atoms with Gasteiger partial charge in [-0.15, -0.1) is 0 Å². The smallest absolute Gasteiger partial charge is 0.433 e. The number of rotatable bonds is 5. The number of carboxylic acid groups (broad SMARTS) is 1. The molecule has 5 nitrogen and oxygen atoms in total. The van der Waals surface area contributed by atoms with Gasteiger partial charge in [-0.3, -0.25) is 14.6 Å². The quantitative estimate of drug-likeness (QED) is 0.876. The number of aliphatic carboxylic acids is 1. The number of aromatic nitrogens is 1. The molecule has 0 aliphatic carbocycles. The summed E-state index contributed by atoms with van der Waals surface area (Å²) in [5.41, 5.74) is -1.89. The van der Waals surface area contributed by atoms with Crippen molar-refractivity contribution in [2.24, 2.45) is 0 Å². The summed E-state index contributed by atoms with van der Waals surface area (Å²) in [6.45, 7) is 3.26. The number of nitrogens with one attached hydrogen (secondary N) is 1. The minimum Gasteiger partial charge on any atom is -0.481 e. The summed E-state index contributed by atoms with van der Waals surface area (Å²) in [5, 5.41) is 11.2. The molecule has 0 atom stereocenters. The Morgan fingerprint density at radius 3 is 2.33 bits per heavy atom. The number of alkyl halides is 3. The van der Waals surface area contributed by atoms with Gasteiger partial charge >= 0.3 is 12.1 Å². The molecule has 0 aliphatic rings. The second-order valence-electron chi connectivity index (χ2n) is 5.16. The van der Waals surface area contributed by atoms with Gasteiger partial charge < -0.3 is 10.4 Å². The van der Waals surface area contributed by atoms with Crippen LogP contribution < -0.4 is 5.32 Å². The number of carbonyl (C=O) groups excluding carboxylic acids is 1. The van der Waals surface area contributed by atoms with E-state index in [1.54, 1.807) is 13.8 Å². The Labute approximate surface area is 119 Å². The van der Waals surface area contributed by atoms with Crippen LogP contribution in [0.3, 0.4) is 0 Å². The number of halogens is 3. The second kappa shape index (κ2) is 6.11. The van der Waals surface area contributed by atoms with E-state index in [0.717, 1.165) is 18.3 Å². The van der Waals surface area contributed by atoms with Gasteiger partial charge in [0.15, 0.2) is 0 Å². The zero-order valence-corrected chi connectivity index (χ0v) is 11.5. The normalized spacial score (nSPS) is 12.0. The maximum absolute atomic E-state index is 12.3. The number of carboxylic acids is 1. The van der Waals surface area contributed by atoms with Gasteiger partial charge in [0.05, 0.1) is 5.56 Å². The maximum atomic E-state index is 12.3. The minimum atomic E-state index is -4.56. The summed E-state index contributed by atoms with van der Waals surface area (Å²) in [6, 6.07) is 1.75. The van der Waals surface area contributed by atoms with Crippen molar-refractivity contribution in [3.8, 4) is 0 Å². The number of carbonyl (C=O) groups is 2. The van der Waals surface area contributed by atoms with E-state index < -0.39 is 29.3 Å². The SMILES string of the molecule is CC(C)(CCC(=O)O)NC(=O)c1ccc(C(F)(F)F)nc1. The number of pyridine rings is 1. The molecule has 0 aliphatic heterocycles. The third kappa shape index (κ3) is 5.41. The van der Waals surface area contributed by atoms with E-state index >= 15 is 0 Å². The molecule has 0 bridgehead atoms. The predicted octanol–water partition coefficient (Wildman–Crippen LogP) is 2.47. The van der Waals surface area contributed by atoms with Crippen molar-refractivity contribution >= 4 is 11.9 Å². The topological polar surface area (TPSA) is 79.3 Å². The van der Waals surface area contributed by atoms with E-state index in [-0.39, 0.29) is 18.4 Å². The van der Waals surface area contributed by atoms with Crippen molar-refractivity contribution in [3.05, 3.63) is 29.6 Å². The third-order valence-corrected chi connectivity index (χ3v) is 2.73. The highest BCUT2D eigenvalue weighted by atomic mass is 19.4. The average molecular weight is 304 g/mol. The zero-order valence-electron chi connectivity index (χ0n) is 11.5. The van der Waals surface area contributed by atoms with Crippen LogP contribution in [0.2, 0.25) is 0 Å². The Morgan fingerprint density at radius 1 is 1.29 bits per heavy atom. The first kappa shape index (κ1) is 16.9. The summed E-state index contributed by atoms with van der Waals surface area (Å²) in [5.74, 6) is -1.60. The molecule has 0 saturated heterocycles. The Morgan fingerprint density at radius 2 is 1.90 bits per heavy atom. The molecule has 0 spiro atoms. The van der Waals surface area contributed by atoms with Crippen LogP contribution in [0.4, 0.5) is 13.2 Å². The molecule has 0 saturated carbocycles. The molecule has 1 aromatic rings. The van der Waals surface area contributed by atoms with E-state index in [0.29, 0.717) is 0 Å². The van der Waals surface area contributed by atoms with Gasteiger partial charge in [-0.1, -0.05) is 0 Å². The number of hydrogen-bond acceptors (Lipinski definition) is 3. The largest absolute Gasteiger partial charge is 0.481 e. The van der Waals surface area contributed by atoms with Gasteiger partial charge in [0.2, 0.25) is 0 Å². The highest BCUT2D eigenvalue weighted by molar-refractivity contribution is 5.94. The van der Waals surface area contributed by atoms with Crippen molar-refractivity contribution in [2.45, 2.75) is 38.4 Å². The standard InChI is InChI=1S/C13H15F3N2O3/c1-12(2,6-5-10(19)20)18-11(21)8-3-4-9(17-7-8)13(14,15)16/h3-4,7H,5-6H2,1-2H3,(H,18,21)(H,19,20). The van der Waals surface area contributed by atoms with Gasteiger partial charge in [-0.25, -0.2) is 0 Å². The first-order valence-electron chi connectivity index (χ1n) is 6.09. The molecular weight excluding hydrogens is 289 g/mol. The monoisotopic (exact) mass is 304 g/mol. The predicted molar refractivity (Wildman–Crippen MR) is 67.7 cm³/mol. The van der Waals surface area contributed by atoms with Crippen molar-refractivity contribution in [2.75, 3.05) is 0 Å². The average Bonchev–Trinajstić information content (AvgIpc) is 2.35. The summed E-state index contributed by atoms with van der Waals surface area (Å²) in [7, 11) is 0. The Bertz CT molecular complexity index is 524. The summed E-state index contributed by atoms with van der Waals surface area (Å²) in [4.78, 5) is 25.6. The summed E-state index contributed by atoms with van der Waals surface area (Å²) < 4.78 is 37.0. The van der Waals surface area contributed by atoms with Crippen molar-refractivity contribution in [1.82, 2.24) is 10.3 Å². The van der Waals surface area contributed by atoms with Crippen molar-refractivity contribution in [3.63, 3.8) is 0 Å². The van der Waals surface area contributed by atoms with Gasteiger partial charge in [-0.2, -0.15) is 13.2 Å². The molecular formula is C13H15F3N2O3. The minimum absolute atomic E-state index is 0.0219. The molecule has 2 N–H and O–H groups in total. The van der Waals surface area contributed by atoms with Gasteiger partial charge in [0.25, 0.3) is 5.91 Å². The lowest BCUT2D eigenvalue weighted by molar-refractivity contribution is -0.141. The molecule has 0 unspecified atom stereocenters. The molecule has 8 heteroatoms. The molecule has 1 heterocycles. The highest BCUT2D eigenvalue weighted by Crippen LogP contribution is 2.27. The fourth-order valence-electron chi connectivity index (χ4n) is 1.56. The van der Waals surface area contributed by atoms with E-state index in [1.807, 2.05) is 0 Å². The zero-order chi connectivity index (χ0) is 16.3. The number of amides is 1.